The molecule has 2 nitrogen and oxygen atoms in total. The Balaban J connectivity index is 1.26. The predicted octanol–water partition coefficient (Wildman–Crippen LogP) is 13.2. The monoisotopic (exact) mass is 613 g/mol. The first-order valence-corrected chi connectivity index (χ1v) is 16.4. The average molecular weight is 614 g/mol. The van der Waals surface area contributed by atoms with Gasteiger partial charge in [-0.15, -0.1) is 0 Å². The molecule has 1 heterocycles. The van der Waals surface area contributed by atoms with Crippen molar-refractivity contribution in [2.45, 2.75) is 0 Å². The molecule has 0 saturated heterocycles. The molecule has 0 spiro atoms. The number of hydrogen-bond donors (Lipinski definition) is 0. The number of rotatable bonds is 6. The summed E-state index contributed by atoms with van der Waals surface area (Å²) in [6.45, 7) is 0. The van der Waals surface area contributed by atoms with Crippen molar-refractivity contribution >= 4 is 49.8 Å². The quantitative estimate of drug-likeness (QED) is 0.185. The van der Waals surface area contributed by atoms with Crippen LogP contribution in [0.4, 0.5) is 17.1 Å². The Hall–Kier alpha value is -6.38. The van der Waals surface area contributed by atoms with Crippen LogP contribution in [0.5, 0.6) is 0 Å². The largest absolute Gasteiger partial charge is 0.455 e. The molecule has 0 saturated carbocycles. The summed E-state index contributed by atoms with van der Waals surface area (Å²) in [6, 6.07) is 66.8. The van der Waals surface area contributed by atoms with Crippen molar-refractivity contribution in [3.05, 3.63) is 188 Å². The summed E-state index contributed by atoms with van der Waals surface area (Å²) in [7, 11) is 0. The van der Waals surface area contributed by atoms with Crippen molar-refractivity contribution < 1.29 is 4.42 Å². The zero-order valence-electron chi connectivity index (χ0n) is 26.3. The lowest BCUT2D eigenvalue weighted by atomic mass is 9.97. The normalized spacial score (nSPS) is 11.3. The van der Waals surface area contributed by atoms with E-state index < -0.39 is 0 Å². The number of fused-ring (bicyclic) bond motifs is 4. The summed E-state index contributed by atoms with van der Waals surface area (Å²) < 4.78 is 6.67. The van der Waals surface area contributed by atoms with Crippen LogP contribution in [-0.4, -0.2) is 0 Å². The highest BCUT2D eigenvalue weighted by atomic mass is 16.3. The second-order valence-electron chi connectivity index (χ2n) is 12.1. The van der Waals surface area contributed by atoms with E-state index in [-0.39, 0.29) is 0 Å². The molecule has 48 heavy (non-hydrogen) atoms. The van der Waals surface area contributed by atoms with Gasteiger partial charge in [0, 0.05) is 27.7 Å². The summed E-state index contributed by atoms with van der Waals surface area (Å²) in [5, 5.41) is 4.72. The Morgan fingerprint density at radius 2 is 0.917 bits per heavy atom. The Kier molecular flexibility index (Phi) is 6.84. The molecular weight excluding hydrogens is 583 g/mol. The molecule has 0 unspecified atom stereocenters. The van der Waals surface area contributed by atoms with Crippen LogP contribution in [0.1, 0.15) is 0 Å². The molecule has 226 valence electrons. The fourth-order valence-corrected chi connectivity index (χ4v) is 6.98. The molecule has 0 fully saturated rings. The highest BCUT2D eigenvalue weighted by Gasteiger charge is 2.23. The van der Waals surface area contributed by atoms with Gasteiger partial charge >= 0.3 is 0 Å². The van der Waals surface area contributed by atoms with Gasteiger partial charge in [0.15, 0.2) is 0 Å². The number of anilines is 3. The van der Waals surface area contributed by atoms with Gasteiger partial charge in [-0.1, -0.05) is 146 Å². The minimum absolute atomic E-state index is 0.887. The van der Waals surface area contributed by atoms with E-state index in [2.05, 4.69) is 187 Å². The van der Waals surface area contributed by atoms with E-state index in [4.69, 9.17) is 4.42 Å². The van der Waals surface area contributed by atoms with Crippen LogP contribution >= 0.6 is 0 Å². The molecule has 0 amide bonds. The molecular formula is C46H31NO. The van der Waals surface area contributed by atoms with Crippen molar-refractivity contribution in [3.8, 4) is 33.4 Å². The number of furan rings is 1. The average Bonchev–Trinajstić information content (AvgIpc) is 3.55. The Morgan fingerprint density at radius 1 is 0.354 bits per heavy atom. The van der Waals surface area contributed by atoms with E-state index in [1.54, 1.807) is 0 Å². The van der Waals surface area contributed by atoms with Crippen molar-refractivity contribution in [1.82, 2.24) is 0 Å². The van der Waals surface area contributed by atoms with Gasteiger partial charge in [0.25, 0.3) is 0 Å². The van der Waals surface area contributed by atoms with E-state index >= 15 is 0 Å². The van der Waals surface area contributed by atoms with E-state index in [0.717, 1.165) is 50.1 Å². The van der Waals surface area contributed by atoms with Gasteiger partial charge in [-0.05, 0) is 81.1 Å². The third-order valence-electron chi connectivity index (χ3n) is 9.29. The molecule has 0 bridgehead atoms. The predicted molar refractivity (Wildman–Crippen MR) is 202 cm³/mol. The molecule has 9 aromatic rings. The zero-order valence-corrected chi connectivity index (χ0v) is 26.3. The molecule has 8 aromatic carbocycles. The van der Waals surface area contributed by atoms with E-state index in [1.165, 1.54) is 33.0 Å². The molecule has 1 aromatic heterocycles. The summed E-state index contributed by atoms with van der Waals surface area (Å²) in [6.07, 6.45) is 0. The van der Waals surface area contributed by atoms with Crippen molar-refractivity contribution in [3.63, 3.8) is 0 Å². The maximum Gasteiger partial charge on any atom is 0.145 e. The fourth-order valence-electron chi connectivity index (χ4n) is 6.98. The highest BCUT2D eigenvalue weighted by molar-refractivity contribution is 6.13. The van der Waals surface area contributed by atoms with Crippen molar-refractivity contribution in [1.29, 1.82) is 0 Å². The smallest absolute Gasteiger partial charge is 0.145 e. The van der Waals surface area contributed by atoms with Gasteiger partial charge < -0.3 is 9.32 Å². The number of hydrogen-bond acceptors (Lipinski definition) is 2. The van der Waals surface area contributed by atoms with Gasteiger partial charge in [-0.2, -0.15) is 0 Å². The van der Waals surface area contributed by atoms with Crippen molar-refractivity contribution in [2.75, 3.05) is 4.90 Å². The van der Waals surface area contributed by atoms with Crippen molar-refractivity contribution in [2.24, 2.45) is 0 Å². The van der Waals surface area contributed by atoms with Crippen LogP contribution in [0.2, 0.25) is 0 Å². The molecule has 0 aliphatic carbocycles. The topological polar surface area (TPSA) is 16.4 Å². The number of benzene rings is 8. The van der Waals surface area contributed by atoms with Gasteiger partial charge in [0.2, 0.25) is 0 Å². The van der Waals surface area contributed by atoms with Crippen LogP contribution in [0.25, 0.3) is 66.1 Å². The first kappa shape index (κ1) is 27.9. The van der Waals surface area contributed by atoms with Crippen LogP contribution in [-0.2, 0) is 0 Å². The number of nitrogens with zero attached hydrogens (tertiary/aromatic N) is 1. The second kappa shape index (κ2) is 11.8. The van der Waals surface area contributed by atoms with Gasteiger partial charge in [0.05, 0.1) is 5.69 Å². The summed E-state index contributed by atoms with van der Waals surface area (Å²) >= 11 is 0. The molecule has 0 aliphatic rings. The third-order valence-corrected chi connectivity index (χ3v) is 9.29. The Bertz CT molecular complexity index is 2530. The standard InChI is InChI=1S/C46H31NO/c1-3-12-32(13-4-1)33-22-26-37(27-23-33)47(38-28-24-35(25-29-38)40-20-11-17-34-14-7-8-18-39(34)40)43-31-30-42-41-19-9-10-21-44(41)48-46(42)45(43)36-15-5-2-6-16-36/h1-31H. The molecule has 9 rings (SSSR count). The van der Waals surface area contributed by atoms with Crippen LogP contribution in [0.15, 0.2) is 192 Å². The Labute approximate surface area is 279 Å². The molecule has 0 atom stereocenters. The summed E-state index contributed by atoms with van der Waals surface area (Å²) in [5.74, 6) is 0. The fraction of sp³-hybridized carbons (Fsp3) is 0. The molecule has 0 radical (unpaired) electrons. The lowest BCUT2D eigenvalue weighted by Crippen LogP contribution is -2.11. The minimum atomic E-state index is 0.887. The van der Waals surface area contributed by atoms with E-state index in [1.807, 2.05) is 6.07 Å². The maximum atomic E-state index is 6.67. The van der Waals surface area contributed by atoms with Gasteiger partial charge in [0.1, 0.15) is 11.2 Å². The summed E-state index contributed by atoms with van der Waals surface area (Å²) in [5.41, 5.74) is 11.9. The molecule has 2 heteroatoms. The first-order chi connectivity index (χ1) is 23.8. The lowest BCUT2D eigenvalue weighted by molar-refractivity contribution is 0.670. The second-order valence-corrected chi connectivity index (χ2v) is 12.1. The van der Waals surface area contributed by atoms with Gasteiger partial charge in [-0.25, -0.2) is 0 Å². The third kappa shape index (κ3) is 4.83. The maximum absolute atomic E-state index is 6.67. The first-order valence-electron chi connectivity index (χ1n) is 16.4. The van der Waals surface area contributed by atoms with Crippen LogP contribution in [0, 0.1) is 0 Å². The minimum Gasteiger partial charge on any atom is -0.455 e. The SMILES string of the molecule is c1ccc(-c2ccc(N(c3ccc(-c4cccc5ccccc45)cc3)c3ccc4c(oc5ccccc54)c3-c3ccccc3)cc2)cc1. The van der Waals surface area contributed by atoms with Crippen LogP contribution < -0.4 is 4.90 Å². The van der Waals surface area contributed by atoms with E-state index in [0.29, 0.717) is 0 Å². The lowest BCUT2D eigenvalue weighted by Gasteiger charge is -2.28. The molecule has 0 aliphatic heterocycles. The Morgan fingerprint density at radius 3 is 1.65 bits per heavy atom. The van der Waals surface area contributed by atoms with Gasteiger partial charge in [-0.3, -0.25) is 0 Å². The molecule has 0 N–H and O–H groups in total. The van der Waals surface area contributed by atoms with E-state index in [9.17, 15) is 0 Å². The highest BCUT2D eigenvalue weighted by Crippen LogP contribution is 2.47. The van der Waals surface area contributed by atoms with Crippen LogP contribution in [0.3, 0.4) is 0 Å². The zero-order chi connectivity index (χ0) is 31.9. The summed E-state index contributed by atoms with van der Waals surface area (Å²) in [4.78, 5) is 2.36. The number of para-hydroxylation sites is 1.